The molecule has 2 aromatic rings. The standard InChI is InChI=1S/C18H24ClN5O2/c1-5-23(18(26)13(2)8-10-22(4)14(3)25)16-12-24(21-17(16)19)15-7-6-9-20-11-15/h6-7,9,11-13H,5,8,10H2,1-4H3. The van der Waals surface area contributed by atoms with E-state index < -0.39 is 0 Å². The van der Waals surface area contributed by atoms with Gasteiger partial charge in [0.05, 0.1) is 18.1 Å². The van der Waals surface area contributed by atoms with Crippen molar-refractivity contribution in [3.63, 3.8) is 0 Å². The van der Waals surface area contributed by atoms with Crippen molar-refractivity contribution in [2.45, 2.75) is 27.2 Å². The topological polar surface area (TPSA) is 71.3 Å². The predicted molar refractivity (Wildman–Crippen MR) is 101 cm³/mol. The van der Waals surface area contributed by atoms with Gasteiger partial charge >= 0.3 is 0 Å². The van der Waals surface area contributed by atoms with Gasteiger partial charge in [0.1, 0.15) is 5.69 Å². The zero-order valence-electron chi connectivity index (χ0n) is 15.5. The lowest BCUT2D eigenvalue weighted by Crippen LogP contribution is -2.37. The van der Waals surface area contributed by atoms with Crippen molar-refractivity contribution in [3.8, 4) is 5.69 Å². The third-order valence-electron chi connectivity index (χ3n) is 4.29. The molecule has 0 spiro atoms. The monoisotopic (exact) mass is 377 g/mol. The molecule has 2 heterocycles. The highest BCUT2D eigenvalue weighted by Crippen LogP contribution is 2.27. The van der Waals surface area contributed by atoms with E-state index in [-0.39, 0.29) is 22.9 Å². The molecule has 0 bridgehead atoms. The smallest absolute Gasteiger partial charge is 0.230 e. The Labute approximate surface area is 158 Å². The van der Waals surface area contributed by atoms with Crippen LogP contribution in [0.1, 0.15) is 27.2 Å². The van der Waals surface area contributed by atoms with E-state index in [0.29, 0.717) is 25.2 Å². The molecule has 0 aliphatic heterocycles. The maximum absolute atomic E-state index is 12.9. The summed E-state index contributed by atoms with van der Waals surface area (Å²) >= 11 is 6.29. The molecule has 2 rings (SSSR count). The summed E-state index contributed by atoms with van der Waals surface area (Å²) in [4.78, 5) is 31.5. The largest absolute Gasteiger partial charge is 0.346 e. The molecule has 26 heavy (non-hydrogen) atoms. The van der Waals surface area contributed by atoms with Crippen LogP contribution >= 0.6 is 11.6 Å². The zero-order chi connectivity index (χ0) is 19.3. The Morgan fingerprint density at radius 3 is 2.69 bits per heavy atom. The van der Waals surface area contributed by atoms with E-state index in [1.54, 1.807) is 46.2 Å². The maximum Gasteiger partial charge on any atom is 0.230 e. The van der Waals surface area contributed by atoms with Crippen LogP contribution < -0.4 is 4.90 Å². The molecule has 140 valence electrons. The molecule has 0 aliphatic rings. The first-order valence-corrected chi connectivity index (χ1v) is 8.91. The summed E-state index contributed by atoms with van der Waals surface area (Å²) in [6.45, 7) is 6.27. The fourth-order valence-electron chi connectivity index (χ4n) is 2.53. The number of hydrogen-bond donors (Lipinski definition) is 0. The Balaban J connectivity index is 2.16. The minimum atomic E-state index is -0.241. The van der Waals surface area contributed by atoms with Crippen LogP contribution in [-0.2, 0) is 9.59 Å². The van der Waals surface area contributed by atoms with Crippen LogP contribution in [0.4, 0.5) is 5.69 Å². The van der Waals surface area contributed by atoms with Gasteiger partial charge in [0.15, 0.2) is 5.15 Å². The van der Waals surface area contributed by atoms with Gasteiger partial charge in [-0.1, -0.05) is 18.5 Å². The van der Waals surface area contributed by atoms with E-state index in [2.05, 4.69) is 10.1 Å². The van der Waals surface area contributed by atoms with Crippen molar-refractivity contribution in [1.82, 2.24) is 19.7 Å². The molecule has 1 unspecified atom stereocenters. The minimum Gasteiger partial charge on any atom is -0.346 e. The zero-order valence-corrected chi connectivity index (χ0v) is 16.3. The van der Waals surface area contributed by atoms with Crippen molar-refractivity contribution < 1.29 is 9.59 Å². The molecule has 2 aromatic heterocycles. The third-order valence-corrected chi connectivity index (χ3v) is 4.56. The van der Waals surface area contributed by atoms with E-state index in [0.717, 1.165) is 5.69 Å². The first-order valence-electron chi connectivity index (χ1n) is 8.53. The van der Waals surface area contributed by atoms with E-state index in [1.165, 1.54) is 6.92 Å². The molecular formula is C18H24ClN5O2. The second-order valence-corrected chi connectivity index (χ2v) is 6.53. The summed E-state index contributed by atoms with van der Waals surface area (Å²) in [7, 11) is 1.73. The Kier molecular flexibility index (Phi) is 6.74. The van der Waals surface area contributed by atoms with Crippen molar-refractivity contribution in [3.05, 3.63) is 35.9 Å². The maximum atomic E-state index is 12.9. The first-order chi connectivity index (χ1) is 12.3. The molecule has 1 atom stereocenters. The first kappa shape index (κ1) is 19.9. The predicted octanol–water partition coefficient (Wildman–Crippen LogP) is 2.78. The number of carbonyl (C=O) groups excluding carboxylic acids is 2. The van der Waals surface area contributed by atoms with Crippen LogP contribution in [0.15, 0.2) is 30.7 Å². The van der Waals surface area contributed by atoms with Gasteiger partial charge in [0.2, 0.25) is 11.8 Å². The lowest BCUT2D eigenvalue weighted by molar-refractivity contribution is -0.128. The Hall–Kier alpha value is -2.41. The van der Waals surface area contributed by atoms with Gasteiger partial charge < -0.3 is 9.80 Å². The normalized spacial score (nSPS) is 11.9. The quantitative estimate of drug-likeness (QED) is 0.743. The molecule has 0 saturated heterocycles. The van der Waals surface area contributed by atoms with E-state index >= 15 is 0 Å². The SMILES string of the molecule is CCN(C(=O)C(C)CCN(C)C(C)=O)c1cn(-c2cccnc2)nc1Cl. The summed E-state index contributed by atoms with van der Waals surface area (Å²) < 4.78 is 1.61. The lowest BCUT2D eigenvalue weighted by atomic mass is 10.1. The fourth-order valence-corrected chi connectivity index (χ4v) is 2.76. The van der Waals surface area contributed by atoms with Gasteiger partial charge in [-0.2, -0.15) is 5.10 Å². The number of aromatic nitrogens is 3. The van der Waals surface area contributed by atoms with E-state index in [9.17, 15) is 9.59 Å². The van der Waals surface area contributed by atoms with Gasteiger partial charge in [-0.25, -0.2) is 4.68 Å². The number of rotatable bonds is 7. The highest BCUT2D eigenvalue weighted by Gasteiger charge is 2.25. The number of nitrogens with zero attached hydrogens (tertiary/aromatic N) is 5. The van der Waals surface area contributed by atoms with Gasteiger partial charge in [0, 0.05) is 39.2 Å². The molecule has 2 amide bonds. The number of amides is 2. The molecule has 0 aromatic carbocycles. The Morgan fingerprint density at radius 2 is 2.12 bits per heavy atom. The number of halogens is 1. The van der Waals surface area contributed by atoms with Crippen molar-refractivity contribution >= 4 is 29.1 Å². The van der Waals surface area contributed by atoms with Crippen LogP contribution in [0.3, 0.4) is 0 Å². The lowest BCUT2D eigenvalue weighted by Gasteiger charge is -2.24. The van der Waals surface area contributed by atoms with Crippen LogP contribution in [0.5, 0.6) is 0 Å². The molecule has 7 nitrogen and oxygen atoms in total. The Bertz CT molecular complexity index is 762. The van der Waals surface area contributed by atoms with Gasteiger partial charge in [0.25, 0.3) is 0 Å². The Morgan fingerprint density at radius 1 is 1.38 bits per heavy atom. The van der Waals surface area contributed by atoms with Crippen LogP contribution in [-0.4, -0.2) is 51.6 Å². The highest BCUT2D eigenvalue weighted by atomic mass is 35.5. The number of pyridine rings is 1. The molecular weight excluding hydrogens is 354 g/mol. The van der Waals surface area contributed by atoms with Crippen molar-refractivity contribution in [2.24, 2.45) is 5.92 Å². The minimum absolute atomic E-state index is 0.0159. The van der Waals surface area contributed by atoms with Gasteiger partial charge in [-0.15, -0.1) is 0 Å². The summed E-state index contributed by atoms with van der Waals surface area (Å²) in [6, 6.07) is 3.67. The number of hydrogen-bond acceptors (Lipinski definition) is 4. The molecule has 0 fully saturated rings. The summed E-state index contributed by atoms with van der Waals surface area (Å²) in [5.41, 5.74) is 1.33. The van der Waals surface area contributed by atoms with Gasteiger partial charge in [-0.3, -0.25) is 14.6 Å². The van der Waals surface area contributed by atoms with Crippen LogP contribution in [0.2, 0.25) is 5.15 Å². The molecule has 0 saturated carbocycles. The molecule has 0 radical (unpaired) electrons. The summed E-state index contributed by atoms with van der Waals surface area (Å²) in [6.07, 6.45) is 5.66. The second kappa shape index (κ2) is 8.80. The molecule has 8 heteroatoms. The van der Waals surface area contributed by atoms with Crippen molar-refractivity contribution in [2.75, 3.05) is 25.0 Å². The fraction of sp³-hybridized carbons (Fsp3) is 0.444. The van der Waals surface area contributed by atoms with Crippen molar-refractivity contribution in [1.29, 1.82) is 0 Å². The summed E-state index contributed by atoms with van der Waals surface area (Å²) in [5, 5.41) is 4.55. The van der Waals surface area contributed by atoms with E-state index in [1.807, 2.05) is 19.9 Å². The van der Waals surface area contributed by atoms with Gasteiger partial charge in [-0.05, 0) is 25.5 Å². The van der Waals surface area contributed by atoms with Crippen LogP contribution in [0.25, 0.3) is 5.69 Å². The summed E-state index contributed by atoms with van der Waals surface area (Å²) in [5.74, 6) is -0.301. The highest BCUT2D eigenvalue weighted by molar-refractivity contribution is 6.32. The molecule has 0 N–H and O–H groups in total. The van der Waals surface area contributed by atoms with Crippen LogP contribution in [0, 0.1) is 5.92 Å². The third kappa shape index (κ3) is 4.60. The average molecular weight is 378 g/mol. The average Bonchev–Trinajstić information content (AvgIpc) is 3.02. The number of anilines is 1. The second-order valence-electron chi connectivity index (χ2n) is 6.17. The van der Waals surface area contributed by atoms with E-state index in [4.69, 9.17) is 11.6 Å². The number of carbonyl (C=O) groups is 2. The molecule has 0 aliphatic carbocycles.